The Morgan fingerprint density at radius 3 is 1.60 bits per heavy atom. The van der Waals surface area contributed by atoms with E-state index >= 15 is 0 Å². The van der Waals surface area contributed by atoms with Gasteiger partial charge < -0.3 is 13.6 Å². The Bertz CT molecular complexity index is 3060. The molecule has 0 unspecified atom stereocenters. The van der Waals surface area contributed by atoms with Gasteiger partial charge in [0.1, 0.15) is 5.82 Å². The molecule has 0 amide bonds. The van der Waals surface area contributed by atoms with Crippen LogP contribution in [-0.4, -0.2) is 18.7 Å². The molecular weight excluding hydrogens is 613 g/mol. The number of hydrogen-bond acceptors (Lipinski definition) is 2. The lowest BCUT2D eigenvalue weighted by molar-refractivity contribution is 0.595. The molecule has 234 valence electrons. The second kappa shape index (κ2) is 10.3. The zero-order valence-electron chi connectivity index (χ0n) is 26.9. The Balaban J connectivity index is 1.08. The van der Waals surface area contributed by atoms with Gasteiger partial charge in [-0.15, -0.1) is 0 Å². The first kappa shape index (κ1) is 27.1. The van der Waals surface area contributed by atoms with Crippen LogP contribution in [0.3, 0.4) is 0 Å². The Labute approximate surface area is 286 Å². The highest BCUT2D eigenvalue weighted by molar-refractivity contribution is 6.12. The standard InChI is InChI=1S/C45H28N4O/c1-5-16-39-33(12-1)34-13-2-6-17-40(34)48(39)32-20-21-43-38(28-32)36-15-4-7-18-41(36)47(43)31-11-9-10-29(26-31)30-22-24-46-44(27-30)49-42-19-8-3-14-35(42)37-23-25-50-45(37)49/h1-28H. The van der Waals surface area contributed by atoms with E-state index in [0.29, 0.717) is 0 Å². The minimum Gasteiger partial charge on any atom is -0.447 e. The molecule has 0 bridgehead atoms. The summed E-state index contributed by atoms with van der Waals surface area (Å²) < 4.78 is 12.9. The van der Waals surface area contributed by atoms with Gasteiger partial charge in [0.15, 0.2) is 0 Å². The molecule has 50 heavy (non-hydrogen) atoms. The number of nitrogens with zero attached hydrogens (tertiary/aromatic N) is 4. The van der Waals surface area contributed by atoms with Crippen LogP contribution in [0, 0.1) is 0 Å². The van der Waals surface area contributed by atoms with Crippen LogP contribution >= 0.6 is 0 Å². The van der Waals surface area contributed by atoms with Crippen molar-refractivity contribution < 1.29 is 4.42 Å². The molecule has 0 fully saturated rings. The van der Waals surface area contributed by atoms with E-state index < -0.39 is 0 Å². The molecule has 6 aromatic carbocycles. The molecule has 11 aromatic rings. The van der Waals surface area contributed by atoms with Gasteiger partial charge in [-0.1, -0.05) is 84.9 Å². The van der Waals surface area contributed by atoms with E-state index in [4.69, 9.17) is 9.40 Å². The summed E-state index contributed by atoms with van der Waals surface area (Å²) in [5.41, 5.74) is 11.1. The van der Waals surface area contributed by atoms with Crippen molar-refractivity contribution in [1.29, 1.82) is 0 Å². The van der Waals surface area contributed by atoms with Gasteiger partial charge in [-0.05, 0) is 83.9 Å². The van der Waals surface area contributed by atoms with Gasteiger partial charge in [0.2, 0.25) is 5.71 Å². The van der Waals surface area contributed by atoms with Crippen molar-refractivity contribution in [2.45, 2.75) is 0 Å². The van der Waals surface area contributed by atoms with Crippen LogP contribution in [-0.2, 0) is 0 Å². The maximum atomic E-state index is 5.98. The summed E-state index contributed by atoms with van der Waals surface area (Å²) in [5, 5.41) is 7.21. The molecule has 0 aliphatic rings. The highest BCUT2D eigenvalue weighted by atomic mass is 16.3. The molecule has 0 atom stereocenters. The normalized spacial score (nSPS) is 12.0. The van der Waals surface area contributed by atoms with Crippen LogP contribution in [0.15, 0.2) is 175 Å². The van der Waals surface area contributed by atoms with Crippen molar-refractivity contribution in [3.05, 3.63) is 170 Å². The first-order chi connectivity index (χ1) is 24.8. The predicted octanol–water partition coefficient (Wildman–Crippen LogP) is 11.6. The van der Waals surface area contributed by atoms with Crippen LogP contribution in [0.1, 0.15) is 0 Å². The van der Waals surface area contributed by atoms with E-state index in [1.54, 1.807) is 6.26 Å². The molecule has 5 heteroatoms. The Morgan fingerprint density at radius 2 is 0.920 bits per heavy atom. The maximum absolute atomic E-state index is 5.98. The lowest BCUT2D eigenvalue weighted by Gasteiger charge is -2.12. The predicted molar refractivity (Wildman–Crippen MR) is 205 cm³/mol. The molecule has 0 aliphatic carbocycles. The van der Waals surface area contributed by atoms with Crippen LogP contribution in [0.2, 0.25) is 0 Å². The Kier molecular flexibility index (Phi) is 5.60. The van der Waals surface area contributed by atoms with Crippen molar-refractivity contribution in [2.75, 3.05) is 0 Å². The number of furan rings is 1. The third-order valence-corrected chi connectivity index (χ3v) is 10.2. The molecule has 0 radical (unpaired) electrons. The van der Waals surface area contributed by atoms with Crippen LogP contribution in [0.5, 0.6) is 0 Å². The number of aromatic nitrogens is 4. The van der Waals surface area contributed by atoms with Gasteiger partial charge >= 0.3 is 0 Å². The number of rotatable bonds is 4. The summed E-state index contributed by atoms with van der Waals surface area (Å²) in [4.78, 5) is 4.80. The molecule has 0 aliphatic heterocycles. The molecule has 5 heterocycles. The van der Waals surface area contributed by atoms with E-state index in [-0.39, 0.29) is 0 Å². The third kappa shape index (κ3) is 3.80. The lowest BCUT2D eigenvalue weighted by Crippen LogP contribution is -1.98. The summed E-state index contributed by atoms with van der Waals surface area (Å²) >= 11 is 0. The van der Waals surface area contributed by atoms with Crippen LogP contribution < -0.4 is 0 Å². The van der Waals surface area contributed by atoms with Crippen molar-refractivity contribution >= 4 is 65.6 Å². The van der Waals surface area contributed by atoms with Gasteiger partial charge in [-0.2, -0.15) is 0 Å². The van der Waals surface area contributed by atoms with Crippen LogP contribution in [0.4, 0.5) is 0 Å². The molecule has 5 nitrogen and oxygen atoms in total. The van der Waals surface area contributed by atoms with E-state index in [2.05, 4.69) is 165 Å². The minimum absolute atomic E-state index is 0.801. The van der Waals surface area contributed by atoms with Gasteiger partial charge in [0.05, 0.1) is 33.8 Å². The number of pyridine rings is 1. The molecule has 0 spiro atoms. The molecule has 0 N–H and O–H groups in total. The first-order valence-electron chi connectivity index (χ1n) is 16.9. The molecule has 0 saturated carbocycles. The number of fused-ring (bicyclic) bond motifs is 9. The smallest absolute Gasteiger partial charge is 0.213 e. The highest BCUT2D eigenvalue weighted by Crippen LogP contribution is 2.38. The first-order valence-corrected chi connectivity index (χ1v) is 16.9. The summed E-state index contributed by atoms with van der Waals surface area (Å²) in [6.07, 6.45) is 3.63. The maximum Gasteiger partial charge on any atom is 0.213 e. The van der Waals surface area contributed by atoms with E-state index in [0.717, 1.165) is 50.3 Å². The zero-order chi connectivity index (χ0) is 32.8. The van der Waals surface area contributed by atoms with Gasteiger partial charge in [0.25, 0.3) is 0 Å². The third-order valence-electron chi connectivity index (χ3n) is 10.2. The van der Waals surface area contributed by atoms with E-state index in [1.165, 1.54) is 43.6 Å². The minimum atomic E-state index is 0.801. The number of para-hydroxylation sites is 4. The molecular formula is C45H28N4O. The fourth-order valence-corrected chi connectivity index (χ4v) is 8.04. The number of benzene rings is 6. The van der Waals surface area contributed by atoms with Crippen LogP contribution in [0.25, 0.3) is 93.9 Å². The van der Waals surface area contributed by atoms with Gasteiger partial charge in [-0.25, -0.2) is 4.98 Å². The SMILES string of the molecule is c1cc(-c2ccnc(-n3c4ccccc4c4ccoc43)c2)cc(-n2c3ccccc3c3cc(-n4c5ccccc5c5ccccc54)ccc32)c1. The molecule has 0 saturated heterocycles. The fraction of sp³-hybridized carbons (Fsp3) is 0. The molecule has 11 rings (SSSR count). The average Bonchev–Trinajstić information content (AvgIpc) is 3.94. The Morgan fingerprint density at radius 1 is 0.380 bits per heavy atom. The second-order valence-corrected chi connectivity index (χ2v) is 12.9. The van der Waals surface area contributed by atoms with Crippen molar-refractivity contribution in [3.63, 3.8) is 0 Å². The molecule has 5 aromatic heterocycles. The van der Waals surface area contributed by atoms with Gasteiger partial charge in [-0.3, -0.25) is 4.57 Å². The monoisotopic (exact) mass is 640 g/mol. The Hall–Kier alpha value is -6.85. The summed E-state index contributed by atoms with van der Waals surface area (Å²) in [6, 6.07) is 56.4. The quantitative estimate of drug-likeness (QED) is 0.192. The van der Waals surface area contributed by atoms with E-state index in [9.17, 15) is 0 Å². The average molecular weight is 641 g/mol. The highest BCUT2D eigenvalue weighted by Gasteiger charge is 2.18. The van der Waals surface area contributed by atoms with Crippen molar-refractivity contribution in [1.82, 2.24) is 18.7 Å². The summed E-state index contributed by atoms with van der Waals surface area (Å²) in [5.74, 6) is 0.823. The van der Waals surface area contributed by atoms with Gasteiger partial charge in [0, 0.05) is 49.9 Å². The van der Waals surface area contributed by atoms with Crippen molar-refractivity contribution in [3.8, 4) is 28.3 Å². The fourth-order valence-electron chi connectivity index (χ4n) is 8.04. The summed E-state index contributed by atoms with van der Waals surface area (Å²) in [7, 11) is 0. The topological polar surface area (TPSA) is 40.8 Å². The second-order valence-electron chi connectivity index (χ2n) is 12.9. The summed E-state index contributed by atoms with van der Waals surface area (Å²) in [6.45, 7) is 0. The van der Waals surface area contributed by atoms with Crippen molar-refractivity contribution in [2.24, 2.45) is 0 Å². The lowest BCUT2D eigenvalue weighted by atomic mass is 10.1. The largest absolute Gasteiger partial charge is 0.447 e. The zero-order valence-corrected chi connectivity index (χ0v) is 26.9. The number of hydrogen-bond donors (Lipinski definition) is 0. The van der Waals surface area contributed by atoms with E-state index in [1.807, 2.05) is 12.3 Å².